The van der Waals surface area contributed by atoms with E-state index in [9.17, 15) is 4.79 Å². The second-order valence-corrected chi connectivity index (χ2v) is 7.87. The number of rotatable bonds is 6. The number of carbonyl (C=O) groups excluding carboxylic acids is 1. The highest BCUT2D eigenvalue weighted by molar-refractivity contribution is 6.32. The van der Waals surface area contributed by atoms with Gasteiger partial charge in [0.1, 0.15) is 24.3 Å². The van der Waals surface area contributed by atoms with Gasteiger partial charge in [-0.1, -0.05) is 46.6 Å². The lowest BCUT2D eigenvalue weighted by atomic mass is 10.1. The smallest absolute Gasteiger partial charge is 0.227 e. The molecule has 0 bridgehead atoms. The number of nitrogens with zero attached hydrogens (tertiary/aromatic N) is 2. The normalized spacial score (nSPS) is 16.2. The minimum atomic E-state index is -0.0151. The molecule has 5 nitrogen and oxygen atoms in total. The van der Waals surface area contributed by atoms with Crippen LogP contribution in [-0.4, -0.2) is 22.5 Å². The molecule has 1 aliphatic heterocycles. The lowest BCUT2D eigenvalue weighted by molar-refractivity contribution is -0.131. The van der Waals surface area contributed by atoms with Gasteiger partial charge < -0.3 is 14.2 Å². The van der Waals surface area contributed by atoms with E-state index in [1.165, 1.54) is 0 Å². The third-order valence-corrected chi connectivity index (χ3v) is 5.58. The van der Waals surface area contributed by atoms with E-state index in [0.29, 0.717) is 22.4 Å². The summed E-state index contributed by atoms with van der Waals surface area (Å²) in [6.45, 7) is 1.12. The number of benzene rings is 2. The number of hydrogen-bond acceptors (Lipinski definition) is 4. The number of amides is 1. The number of carbonyl (C=O) groups is 1. The molecule has 2 aromatic carbocycles. The first-order valence-corrected chi connectivity index (χ1v) is 10.2. The van der Waals surface area contributed by atoms with Crippen LogP contribution < -0.4 is 4.74 Å². The standard InChI is InChI=1S/C22H20Cl2N2O3/c23-17-6-3-15(4-7-17)14-28-21-8-5-16(12-18(21)24)13-22(27)26-10-1-2-20(26)19-9-11-29-25-19/h3-9,11-12,20H,1-2,10,13-14H2. The van der Waals surface area contributed by atoms with Gasteiger partial charge in [0.2, 0.25) is 5.91 Å². The second-order valence-electron chi connectivity index (χ2n) is 7.03. The van der Waals surface area contributed by atoms with Crippen LogP contribution in [0.4, 0.5) is 0 Å². The molecule has 29 heavy (non-hydrogen) atoms. The maximum Gasteiger partial charge on any atom is 0.227 e. The number of ether oxygens (including phenoxy) is 1. The van der Waals surface area contributed by atoms with Crippen molar-refractivity contribution in [3.05, 3.63) is 81.7 Å². The fraction of sp³-hybridized carbons (Fsp3) is 0.273. The van der Waals surface area contributed by atoms with E-state index in [1.54, 1.807) is 18.4 Å². The maximum absolute atomic E-state index is 12.8. The van der Waals surface area contributed by atoms with Crippen LogP contribution in [0.3, 0.4) is 0 Å². The van der Waals surface area contributed by atoms with Gasteiger partial charge in [-0.15, -0.1) is 0 Å². The average Bonchev–Trinajstić information content (AvgIpc) is 3.40. The van der Waals surface area contributed by atoms with Crippen molar-refractivity contribution in [2.45, 2.75) is 31.9 Å². The van der Waals surface area contributed by atoms with Gasteiger partial charge >= 0.3 is 0 Å². The third kappa shape index (κ3) is 4.74. The number of likely N-dealkylation sites (tertiary alicyclic amines) is 1. The molecule has 0 aliphatic carbocycles. The summed E-state index contributed by atoms with van der Waals surface area (Å²) in [4.78, 5) is 14.7. The predicted octanol–water partition coefficient (Wildman–Crippen LogP) is 5.47. The number of aromatic nitrogens is 1. The Labute approximate surface area is 179 Å². The van der Waals surface area contributed by atoms with Gasteiger partial charge in [0.15, 0.2) is 0 Å². The van der Waals surface area contributed by atoms with Crippen molar-refractivity contribution in [1.82, 2.24) is 10.1 Å². The highest BCUT2D eigenvalue weighted by Gasteiger charge is 2.31. The van der Waals surface area contributed by atoms with Crippen LogP contribution in [0.5, 0.6) is 5.75 Å². The van der Waals surface area contributed by atoms with Gasteiger partial charge in [0.25, 0.3) is 0 Å². The van der Waals surface area contributed by atoms with Crippen LogP contribution in [-0.2, 0) is 17.8 Å². The van der Waals surface area contributed by atoms with Crippen molar-refractivity contribution >= 4 is 29.1 Å². The molecule has 1 atom stereocenters. The zero-order valence-corrected chi connectivity index (χ0v) is 17.2. The van der Waals surface area contributed by atoms with Gasteiger partial charge in [0.05, 0.1) is 17.5 Å². The van der Waals surface area contributed by atoms with Gasteiger partial charge in [-0.25, -0.2) is 0 Å². The minimum Gasteiger partial charge on any atom is -0.487 e. The van der Waals surface area contributed by atoms with Crippen LogP contribution in [0.2, 0.25) is 10.0 Å². The Morgan fingerprint density at radius 3 is 2.66 bits per heavy atom. The molecule has 1 fully saturated rings. The summed E-state index contributed by atoms with van der Waals surface area (Å²) in [5.41, 5.74) is 2.65. The summed E-state index contributed by atoms with van der Waals surface area (Å²) < 4.78 is 10.7. The summed E-state index contributed by atoms with van der Waals surface area (Å²) in [5.74, 6) is 0.640. The van der Waals surface area contributed by atoms with Crippen molar-refractivity contribution in [2.24, 2.45) is 0 Å². The van der Waals surface area contributed by atoms with Gasteiger partial charge in [0, 0.05) is 17.6 Å². The predicted molar refractivity (Wildman–Crippen MR) is 111 cm³/mol. The monoisotopic (exact) mass is 430 g/mol. The molecule has 0 saturated carbocycles. The quantitative estimate of drug-likeness (QED) is 0.520. The van der Waals surface area contributed by atoms with Crippen molar-refractivity contribution in [3.63, 3.8) is 0 Å². The topological polar surface area (TPSA) is 55.6 Å². The van der Waals surface area contributed by atoms with Crippen molar-refractivity contribution in [2.75, 3.05) is 6.54 Å². The Kier molecular flexibility index (Phi) is 6.07. The van der Waals surface area contributed by atoms with Gasteiger partial charge in [-0.3, -0.25) is 4.79 Å². The summed E-state index contributed by atoms with van der Waals surface area (Å²) in [6.07, 6.45) is 3.68. The molecule has 1 saturated heterocycles. The minimum absolute atomic E-state index is 0.0151. The molecular weight excluding hydrogens is 411 g/mol. The van der Waals surface area contributed by atoms with Crippen molar-refractivity contribution < 1.29 is 14.1 Å². The summed E-state index contributed by atoms with van der Waals surface area (Å²) >= 11 is 12.3. The van der Waals surface area contributed by atoms with E-state index in [4.69, 9.17) is 32.5 Å². The second kappa shape index (κ2) is 8.89. The Hall–Kier alpha value is -2.50. The maximum atomic E-state index is 12.8. The highest BCUT2D eigenvalue weighted by atomic mass is 35.5. The summed E-state index contributed by atoms with van der Waals surface area (Å²) in [5, 5.41) is 5.17. The Balaban J connectivity index is 1.38. The zero-order chi connectivity index (χ0) is 20.2. The number of hydrogen-bond donors (Lipinski definition) is 0. The van der Waals surface area contributed by atoms with E-state index < -0.39 is 0 Å². The molecule has 1 aromatic heterocycles. The molecular formula is C22H20Cl2N2O3. The van der Waals surface area contributed by atoms with Crippen molar-refractivity contribution in [1.29, 1.82) is 0 Å². The van der Waals surface area contributed by atoms with Gasteiger partial charge in [-0.05, 0) is 48.2 Å². The third-order valence-electron chi connectivity index (χ3n) is 5.03. The van der Waals surface area contributed by atoms with E-state index in [-0.39, 0.29) is 18.4 Å². The molecule has 0 N–H and O–H groups in total. The molecule has 4 rings (SSSR count). The first kappa shape index (κ1) is 19.8. The molecule has 1 amide bonds. The molecule has 2 heterocycles. The van der Waals surface area contributed by atoms with Crippen LogP contribution in [0.1, 0.15) is 35.7 Å². The van der Waals surface area contributed by atoms with Crippen LogP contribution in [0.25, 0.3) is 0 Å². The summed E-state index contributed by atoms with van der Waals surface area (Å²) in [6, 6.07) is 14.7. The molecule has 7 heteroatoms. The van der Waals surface area contributed by atoms with E-state index in [1.807, 2.05) is 41.3 Å². The fourth-order valence-corrected chi connectivity index (χ4v) is 3.94. The molecule has 0 radical (unpaired) electrons. The molecule has 150 valence electrons. The van der Waals surface area contributed by atoms with Gasteiger partial charge in [-0.2, -0.15) is 0 Å². The Bertz CT molecular complexity index is 974. The van der Waals surface area contributed by atoms with E-state index in [2.05, 4.69) is 5.16 Å². The SMILES string of the molecule is O=C(Cc1ccc(OCc2ccc(Cl)cc2)c(Cl)c1)N1CCCC1c1ccon1. The Morgan fingerprint density at radius 1 is 1.14 bits per heavy atom. The van der Waals surface area contributed by atoms with E-state index in [0.717, 1.165) is 36.2 Å². The lowest BCUT2D eigenvalue weighted by Crippen LogP contribution is -2.32. The largest absolute Gasteiger partial charge is 0.487 e. The number of halogens is 2. The molecule has 0 spiro atoms. The van der Waals surface area contributed by atoms with Crippen LogP contribution >= 0.6 is 23.2 Å². The molecule has 1 aliphatic rings. The van der Waals surface area contributed by atoms with Crippen molar-refractivity contribution in [3.8, 4) is 5.75 Å². The fourth-order valence-electron chi connectivity index (χ4n) is 3.56. The first-order chi connectivity index (χ1) is 14.1. The lowest BCUT2D eigenvalue weighted by Gasteiger charge is -2.23. The average molecular weight is 431 g/mol. The molecule has 1 unspecified atom stereocenters. The highest BCUT2D eigenvalue weighted by Crippen LogP contribution is 2.32. The summed E-state index contributed by atoms with van der Waals surface area (Å²) in [7, 11) is 0. The van der Waals surface area contributed by atoms with Crippen LogP contribution in [0.15, 0.2) is 59.3 Å². The molecule has 3 aromatic rings. The zero-order valence-electron chi connectivity index (χ0n) is 15.7. The van der Waals surface area contributed by atoms with E-state index >= 15 is 0 Å². The first-order valence-electron chi connectivity index (χ1n) is 9.45. The van der Waals surface area contributed by atoms with Crippen LogP contribution in [0, 0.1) is 0 Å². The Morgan fingerprint density at radius 2 is 1.93 bits per heavy atom.